The van der Waals surface area contributed by atoms with Crippen molar-refractivity contribution in [3.05, 3.63) is 73.9 Å². The average Bonchev–Trinajstić information content (AvgIpc) is 2.76. The molecule has 0 unspecified atom stereocenters. The van der Waals surface area contributed by atoms with Gasteiger partial charge in [-0.25, -0.2) is 18.7 Å². The van der Waals surface area contributed by atoms with Crippen LogP contribution >= 0.6 is 11.6 Å². The van der Waals surface area contributed by atoms with Crippen LogP contribution in [0.25, 0.3) is 5.69 Å². The predicted molar refractivity (Wildman–Crippen MR) is 114 cm³/mol. The number of pyridine rings is 1. The molecule has 0 atom stereocenters. The van der Waals surface area contributed by atoms with Crippen molar-refractivity contribution in [2.24, 2.45) is 0 Å². The molecular weight excluding hydrogens is 486 g/mol. The van der Waals surface area contributed by atoms with E-state index in [9.17, 15) is 31.9 Å². The van der Waals surface area contributed by atoms with Crippen LogP contribution in [-0.4, -0.2) is 26.9 Å². The highest BCUT2D eigenvalue weighted by Crippen LogP contribution is 2.36. The van der Waals surface area contributed by atoms with Crippen LogP contribution in [0.5, 0.6) is 17.4 Å². The van der Waals surface area contributed by atoms with Crippen LogP contribution < -0.4 is 20.7 Å². The molecule has 34 heavy (non-hydrogen) atoms. The highest BCUT2D eigenvalue weighted by atomic mass is 35.5. The first-order chi connectivity index (χ1) is 16.0. The Kier molecular flexibility index (Phi) is 8.57. The normalized spacial score (nSPS) is 10.8. The second-order valence-electron chi connectivity index (χ2n) is 6.29. The molecule has 2 heterocycles. The van der Waals surface area contributed by atoms with Crippen LogP contribution in [0.4, 0.5) is 17.6 Å². The van der Waals surface area contributed by atoms with Crippen molar-refractivity contribution in [2.75, 3.05) is 6.61 Å². The van der Waals surface area contributed by atoms with Crippen LogP contribution in [0.3, 0.4) is 0 Å². The summed E-state index contributed by atoms with van der Waals surface area (Å²) < 4.78 is 63.8. The van der Waals surface area contributed by atoms with E-state index in [0.717, 1.165) is 6.07 Å². The number of nitrogens with zero attached hydrogens (tertiary/aromatic N) is 2. The maximum absolute atomic E-state index is 14.5. The van der Waals surface area contributed by atoms with Crippen molar-refractivity contribution in [3.8, 4) is 23.1 Å². The number of hydrogen-bond acceptors (Lipinski definition) is 6. The van der Waals surface area contributed by atoms with E-state index in [4.69, 9.17) is 21.1 Å². The first-order valence-corrected chi connectivity index (χ1v) is 10.0. The van der Waals surface area contributed by atoms with Crippen LogP contribution in [0.1, 0.15) is 26.5 Å². The fraction of sp³-hybridized carbons (Fsp3) is 0.238. The lowest BCUT2D eigenvalue weighted by Crippen LogP contribution is -2.36. The molecule has 0 aliphatic carbocycles. The lowest BCUT2D eigenvalue weighted by molar-refractivity contribution is -0.141. The molecule has 0 aliphatic heterocycles. The summed E-state index contributed by atoms with van der Waals surface area (Å²) in [6.07, 6.45) is -3.64. The lowest BCUT2D eigenvalue weighted by Gasteiger charge is -2.14. The lowest BCUT2D eigenvalue weighted by atomic mass is 10.2. The second-order valence-corrected chi connectivity index (χ2v) is 6.70. The van der Waals surface area contributed by atoms with Gasteiger partial charge in [-0.15, -0.1) is 0 Å². The molecule has 3 rings (SSSR count). The van der Waals surface area contributed by atoms with Crippen LogP contribution in [0, 0.1) is 5.82 Å². The van der Waals surface area contributed by atoms with E-state index in [2.05, 4.69) is 4.98 Å². The summed E-state index contributed by atoms with van der Waals surface area (Å²) in [6, 6.07) is 4.52. The highest BCUT2D eigenvalue weighted by Gasteiger charge is 2.33. The minimum Gasteiger partial charge on any atom is -0.467 e. The monoisotopic (exact) mass is 503 g/mol. The highest BCUT2D eigenvalue weighted by molar-refractivity contribution is 6.32. The molecule has 2 aromatic heterocycles. The Hall–Kier alpha value is -3.67. The van der Waals surface area contributed by atoms with Gasteiger partial charge >= 0.3 is 11.9 Å². The van der Waals surface area contributed by atoms with Gasteiger partial charge in [0.25, 0.3) is 11.4 Å². The van der Waals surface area contributed by atoms with Crippen molar-refractivity contribution in [3.63, 3.8) is 0 Å². The van der Waals surface area contributed by atoms with Gasteiger partial charge in [-0.05, 0) is 25.1 Å². The smallest absolute Gasteiger partial charge is 0.431 e. The molecule has 0 spiro atoms. The number of carbonyl (C=O) groups is 1. The molecule has 0 saturated heterocycles. The number of ketones is 1. The van der Waals surface area contributed by atoms with Crippen molar-refractivity contribution >= 4 is 17.4 Å². The van der Waals surface area contributed by atoms with Crippen LogP contribution in [0.15, 0.2) is 46.1 Å². The number of carbonyl (C=O) groups excluding carboxylic acids is 1. The fourth-order valence-electron chi connectivity index (χ4n) is 2.49. The number of hydrogen-bond donors (Lipinski definition) is 1. The number of aromatic amines is 1. The molecule has 3 aromatic rings. The van der Waals surface area contributed by atoms with Crippen molar-refractivity contribution in [1.82, 2.24) is 14.5 Å². The Morgan fingerprint density at radius 2 is 1.85 bits per heavy atom. The van der Waals surface area contributed by atoms with Crippen molar-refractivity contribution < 1.29 is 31.8 Å². The Morgan fingerprint density at radius 1 is 1.18 bits per heavy atom. The quantitative estimate of drug-likeness (QED) is 0.496. The predicted octanol–water partition coefficient (Wildman–Crippen LogP) is 4.52. The van der Waals surface area contributed by atoms with Gasteiger partial charge in [0.05, 0.1) is 10.7 Å². The van der Waals surface area contributed by atoms with Crippen molar-refractivity contribution in [1.29, 1.82) is 0 Å². The summed E-state index contributed by atoms with van der Waals surface area (Å²) in [5.74, 6) is -1.88. The van der Waals surface area contributed by atoms with E-state index < -0.39 is 34.6 Å². The van der Waals surface area contributed by atoms with E-state index in [1.807, 2.05) is 13.8 Å². The number of rotatable bonds is 6. The number of halogens is 5. The molecule has 0 amide bonds. The molecule has 0 fully saturated rings. The van der Waals surface area contributed by atoms with E-state index in [0.29, 0.717) is 6.07 Å². The van der Waals surface area contributed by atoms with Gasteiger partial charge in [-0.3, -0.25) is 9.59 Å². The first kappa shape index (κ1) is 26.6. The molecular formula is C21H18ClF4N3O5. The maximum atomic E-state index is 14.5. The number of ether oxygens (including phenoxy) is 2. The van der Waals surface area contributed by atoms with E-state index >= 15 is 0 Å². The van der Waals surface area contributed by atoms with Gasteiger partial charge in [-0.1, -0.05) is 25.4 Å². The topological polar surface area (TPSA) is 103 Å². The molecule has 0 aliphatic rings. The summed E-state index contributed by atoms with van der Waals surface area (Å²) in [5.41, 5.74) is -5.25. The standard InChI is InChI=1S/C19H12ClF4N3O5.C2H6/c1-9(28)8-31-17-13(3-2-4-25-17)32-14-6-12(11(21)5-10(14)20)27-16(29)7-15(19(22,23)24)26-18(27)30;1-2/h2-7H,8H2,1H3,(H,26,30);1-2H3. The molecule has 0 radical (unpaired) electrons. The van der Waals surface area contributed by atoms with Crippen molar-refractivity contribution in [2.45, 2.75) is 26.9 Å². The van der Waals surface area contributed by atoms with Gasteiger partial charge in [-0.2, -0.15) is 13.2 Å². The third-order valence-electron chi connectivity index (χ3n) is 3.85. The number of nitrogens with one attached hydrogen (secondary N) is 1. The first-order valence-electron chi connectivity index (χ1n) is 9.65. The molecule has 13 heteroatoms. The Labute approximate surface area is 194 Å². The third kappa shape index (κ3) is 6.22. The number of benzene rings is 1. The van der Waals surface area contributed by atoms with Crippen LogP contribution in [0.2, 0.25) is 5.02 Å². The summed E-state index contributed by atoms with van der Waals surface area (Å²) in [4.78, 5) is 40.8. The number of alkyl halides is 3. The van der Waals surface area contributed by atoms with E-state index in [1.54, 1.807) is 0 Å². The van der Waals surface area contributed by atoms with E-state index in [1.165, 1.54) is 30.2 Å². The second kappa shape index (κ2) is 11.0. The molecule has 0 saturated carbocycles. The number of Topliss-reactive ketones (excluding diaryl/α,β-unsaturated/α-hetero) is 1. The molecule has 1 aromatic carbocycles. The number of H-pyrrole nitrogens is 1. The molecule has 1 N–H and O–H groups in total. The minimum atomic E-state index is -4.99. The average molecular weight is 504 g/mol. The van der Waals surface area contributed by atoms with Gasteiger partial charge in [0.2, 0.25) is 0 Å². The zero-order valence-electron chi connectivity index (χ0n) is 18.0. The van der Waals surface area contributed by atoms with Crippen LogP contribution in [-0.2, 0) is 11.0 Å². The Morgan fingerprint density at radius 3 is 2.44 bits per heavy atom. The summed E-state index contributed by atoms with van der Waals surface area (Å²) in [5, 5.41) is -0.288. The van der Waals surface area contributed by atoms with E-state index in [-0.39, 0.29) is 45.4 Å². The molecule has 8 nitrogen and oxygen atoms in total. The SMILES string of the molecule is CC.CC(=O)COc1ncccc1Oc1cc(-n2c(=O)cc(C(F)(F)F)[nH]c2=O)c(F)cc1Cl. The molecule has 182 valence electrons. The minimum absolute atomic E-state index is 0.0399. The van der Waals surface area contributed by atoms with Gasteiger partial charge < -0.3 is 14.5 Å². The third-order valence-corrected chi connectivity index (χ3v) is 4.14. The Balaban J connectivity index is 0.00000199. The summed E-state index contributed by atoms with van der Waals surface area (Å²) in [7, 11) is 0. The largest absolute Gasteiger partial charge is 0.467 e. The number of aromatic nitrogens is 3. The van der Waals surface area contributed by atoms with Gasteiger partial charge in [0.15, 0.2) is 11.5 Å². The molecule has 0 bridgehead atoms. The van der Waals surface area contributed by atoms with Gasteiger partial charge in [0.1, 0.15) is 23.9 Å². The Bertz CT molecular complexity index is 1270. The summed E-state index contributed by atoms with van der Waals surface area (Å²) >= 11 is 5.98. The van der Waals surface area contributed by atoms with Gasteiger partial charge in [0, 0.05) is 18.3 Å². The maximum Gasteiger partial charge on any atom is 0.431 e. The fourth-order valence-corrected chi connectivity index (χ4v) is 2.68. The zero-order valence-corrected chi connectivity index (χ0v) is 18.8. The summed E-state index contributed by atoms with van der Waals surface area (Å²) in [6.45, 7) is 4.97. The zero-order chi connectivity index (χ0) is 25.6.